The van der Waals surface area contributed by atoms with Gasteiger partial charge in [-0.05, 0) is 13.3 Å². The molecule has 2 rings (SSSR count). The largest absolute Gasteiger partial charge is 0.355 e. The van der Waals surface area contributed by atoms with Gasteiger partial charge in [-0.25, -0.2) is 18.4 Å². The fraction of sp³-hybridized carbons (Fsp3) is 0.545. The van der Waals surface area contributed by atoms with Crippen molar-refractivity contribution in [3.63, 3.8) is 0 Å². The first-order valence-corrected chi connectivity index (χ1v) is 7.96. The Kier molecular flexibility index (Phi) is 3.78. The monoisotopic (exact) mass is 303 g/mol. The molecule has 0 aromatic carbocycles. The summed E-state index contributed by atoms with van der Waals surface area (Å²) >= 11 is 5.91. The fourth-order valence-electron chi connectivity index (χ4n) is 2.16. The van der Waals surface area contributed by atoms with Gasteiger partial charge in [-0.2, -0.15) is 0 Å². The minimum Gasteiger partial charge on any atom is -0.355 e. The van der Waals surface area contributed by atoms with Gasteiger partial charge in [-0.15, -0.1) is 0 Å². The van der Waals surface area contributed by atoms with Crippen molar-refractivity contribution in [2.75, 3.05) is 23.5 Å². The lowest BCUT2D eigenvalue weighted by atomic mass is 10.2. The molecule has 1 atom stereocenters. The Morgan fingerprint density at radius 1 is 1.42 bits per heavy atom. The molecule has 104 valence electrons. The number of hydrogen-bond acceptors (Lipinski definition) is 6. The van der Waals surface area contributed by atoms with E-state index >= 15 is 0 Å². The maximum Gasteiger partial charge on any atom is 0.156 e. The summed E-state index contributed by atoms with van der Waals surface area (Å²) in [5, 5.41) is 0.0882. The van der Waals surface area contributed by atoms with Gasteiger partial charge in [-0.3, -0.25) is 4.79 Å². The summed E-state index contributed by atoms with van der Waals surface area (Å²) in [4.78, 5) is 20.9. The molecule has 0 N–H and O–H groups in total. The summed E-state index contributed by atoms with van der Waals surface area (Å²) < 4.78 is 23.0. The molecule has 0 amide bonds. The van der Waals surface area contributed by atoms with Crippen molar-refractivity contribution < 1.29 is 13.2 Å². The van der Waals surface area contributed by atoms with Gasteiger partial charge in [0.2, 0.25) is 0 Å². The number of nitrogens with zero attached hydrogens (tertiary/aromatic N) is 3. The zero-order chi connectivity index (χ0) is 14.2. The quantitative estimate of drug-likeness (QED) is 0.609. The normalized spacial score (nSPS) is 21.3. The highest BCUT2D eigenvalue weighted by molar-refractivity contribution is 7.91. The van der Waals surface area contributed by atoms with Crippen LogP contribution >= 0.6 is 11.6 Å². The Hall–Kier alpha value is -1.21. The number of anilines is 1. The van der Waals surface area contributed by atoms with E-state index in [1.165, 1.54) is 0 Å². The molecule has 0 radical (unpaired) electrons. The van der Waals surface area contributed by atoms with Crippen LogP contribution in [-0.4, -0.2) is 49.3 Å². The van der Waals surface area contributed by atoms with Crippen LogP contribution in [0.25, 0.3) is 0 Å². The molecule has 1 unspecified atom stereocenters. The molecule has 6 nitrogen and oxygen atoms in total. The van der Waals surface area contributed by atoms with E-state index in [0.717, 1.165) is 0 Å². The van der Waals surface area contributed by atoms with Gasteiger partial charge in [-0.1, -0.05) is 11.6 Å². The second-order valence-electron chi connectivity index (χ2n) is 4.58. The second-order valence-corrected chi connectivity index (χ2v) is 7.17. The SMILES string of the molecule is Cc1nc(Cl)c(C=O)c(N(C)C2CCS(=O)(=O)C2)n1. The highest BCUT2D eigenvalue weighted by atomic mass is 35.5. The molecular formula is C11H14ClN3O3S. The molecule has 1 aliphatic rings. The van der Waals surface area contributed by atoms with Gasteiger partial charge in [0.15, 0.2) is 16.1 Å². The van der Waals surface area contributed by atoms with E-state index < -0.39 is 9.84 Å². The molecule has 19 heavy (non-hydrogen) atoms. The molecule has 1 aliphatic heterocycles. The lowest BCUT2D eigenvalue weighted by molar-refractivity contribution is 0.112. The molecule has 1 aromatic heterocycles. The van der Waals surface area contributed by atoms with Gasteiger partial charge in [0.25, 0.3) is 0 Å². The average molecular weight is 304 g/mol. The second kappa shape index (κ2) is 5.05. The van der Waals surface area contributed by atoms with Gasteiger partial charge in [0, 0.05) is 13.1 Å². The zero-order valence-corrected chi connectivity index (χ0v) is 12.2. The number of halogens is 1. The average Bonchev–Trinajstić information content (AvgIpc) is 2.68. The first kappa shape index (κ1) is 14.2. The molecule has 1 saturated heterocycles. The number of carbonyl (C=O) groups excluding carboxylic acids is 1. The lowest BCUT2D eigenvalue weighted by Gasteiger charge is -2.25. The first-order valence-electron chi connectivity index (χ1n) is 5.76. The van der Waals surface area contributed by atoms with Crippen molar-refractivity contribution in [1.29, 1.82) is 0 Å². The number of sulfone groups is 1. The third kappa shape index (κ3) is 2.87. The molecule has 0 spiro atoms. The van der Waals surface area contributed by atoms with Crippen LogP contribution in [0.4, 0.5) is 5.82 Å². The third-order valence-corrected chi connectivity index (χ3v) is 5.24. The Morgan fingerprint density at radius 3 is 2.63 bits per heavy atom. The van der Waals surface area contributed by atoms with Crippen molar-refractivity contribution in [2.24, 2.45) is 0 Å². The van der Waals surface area contributed by atoms with E-state index in [9.17, 15) is 13.2 Å². The predicted octanol–water partition coefficient (Wildman–Crippen LogP) is 0.874. The van der Waals surface area contributed by atoms with Gasteiger partial charge in [0.1, 0.15) is 16.8 Å². The number of aryl methyl sites for hydroxylation is 1. The molecule has 2 heterocycles. The molecular weight excluding hydrogens is 290 g/mol. The minimum absolute atomic E-state index is 0.0719. The highest BCUT2D eigenvalue weighted by Gasteiger charge is 2.32. The van der Waals surface area contributed by atoms with E-state index in [0.29, 0.717) is 24.3 Å². The molecule has 1 aromatic rings. The van der Waals surface area contributed by atoms with E-state index in [-0.39, 0.29) is 28.3 Å². The van der Waals surface area contributed by atoms with Crippen molar-refractivity contribution in [3.8, 4) is 0 Å². The van der Waals surface area contributed by atoms with Crippen LogP contribution in [0, 0.1) is 6.92 Å². The third-order valence-electron chi connectivity index (χ3n) is 3.20. The van der Waals surface area contributed by atoms with Crippen LogP contribution < -0.4 is 4.90 Å². The van der Waals surface area contributed by atoms with Gasteiger partial charge >= 0.3 is 0 Å². The molecule has 0 saturated carbocycles. The van der Waals surface area contributed by atoms with Crippen molar-refractivity contribution in [3.05, 3.63) is 16.5 Å². The van der Waals surface area contributed by atoms with Gasteiger partial charge in [0.05, 0.1) is 17.1 Å². The Balaban J connectivity index is 2.39. The van der Waals surface area contributed by atoms with E-state index in [4.69, 9.17) is 11.6 Å². The lowest BCUT2D eigenvalue weighted by Crippen LogP contribution is -2.34. The summed E-state index contributed by atoms with van der Waals surface area (Å²) in [5.74, 6) is 1.06. The fourth-order valence-corrected chi connectivity index (χ4v) is 4.18. The molecule has 0 aliphatic carbocycles. The van der Waals surface area contributed by atoms with E-state index in [1.54, 1.807) is 18.9 Å². The van der Waals surface area contributed by atoms with Gasteiger partial charge < -0.3 is 4.90 Å². The summed E-state index contributed by atoms with van der Waals surface area (Å²) in [6.45, 7) is 1.67. The summed E-state index contributed by atoms with van der Waals surface area (Å²) in [6.07, 6.45) is 1.12. The van der Waals surface area contributed by atoms with Crippen molar-refractivity contribution >= 4 is 33.5 Å². The predicted molar refractivity (Wildman–Crippen MR) is 72.6 cm³/mol. The Morgan fingerprint density at radius 2 is 2.11 bits per heavy atom. The Labute approximate surface area is 116 Å². The number of rotatable bonds is 3. The van der Waals surface area contributed by atoms with Crippen LogP contribution in [-0.2, 0) is 9.84 Å². The number of aromatic nitrogens is 2. The van der Waals surface area contributed by atoms with Crippen LogP contribution in [0.5, 0.6) is 0 Å². The van der Waals surface area contributed by atoms with Crippen molar-refractivity contribution in [1.82, 2.24) is 9.97 Å². The van der Waals surface area contributed by atoms with Crippen LogP contribution in [0.2, 0.25) is 5.15 Å². The van der Waals surface area contributed by atoms with Crippen LogP contribution in [0.1, 0.15) is 22.6 Å². The molecule has 0 bridgehead atoms. The Bertz CT molecular complexity index is 618. The topological polar surface area (TPSA) is 80.2 Å². The summed E-state index contributed by atoms with van der Waals surface area (Å²) in [5.41, 5.74) is 0.194. The van der Waals surface area contributed by atoms with E-state index in [2.05, 4.69) is 9.97 Å². The van der Waals surface area contributed by atoms with Crippen LogP contribution in [0.15, 0.2) is 0 Å². The van der Waals surface area contributed by atoms with E-state index in [1.807, 2.05) is 0 Å². The molecule has 1 fully saturated rings. The summed E-state index contributed by atoms with van der Waals surface area (Å²) in [7, 11) is -1.28. The summed E-state index contributed by atoms with van der Waals surface area (Å²) in [6, 6.07) is -0.186. The number of hydrogen-bond donors (Lipinski definition) is 0. The zero-order valence-electron chi connectivity index (χ0n) is 10.6. The van der Waals surface area contributed by atoms with Crippen molar-refractivity contribution in [2.45, 2.75) is 19.4 Å². The standard InChI is InChI=1S/C11H14ClN3O3S/c1-7-13-10(12)9(5-16)11(14-7)15(2)8-3-4-19(17,18)6-8/h5,8H,3-4,6H2,1-2H3. The maximum absolute atomic E-state index is 11.5. The number of aldehydes is 1. The minimum atomic E-state index is -2.99. The highest BCUT2D eigenvalue weighted by Crippen LogP contribution is 2.26. The smallest absolute Gasteiger partial charge is 0.156 e. The van der Waals surface area contributed by atoms with Crippen LogP contribution in [0.3, 0.4) is 0 Å². The first-order chi connectivity index (χ1) is 8.84. The molecule has 8 heteroatoms. The number of carbonyl (C=O) groups is 1. The maximum atomic E-state index is 11.5.